The third-order valence-electron chi connectivity index (χ3n) is 2.43. The van der Waals surface area contributed by atoms with Gasteiger partial charge in [-0.05, 0) is 36.8 Å². The van der Waals surface area contributed by atoms with Crippen molar-refractivity contribution in [2.45, 2.75) is 6.92 Å². The predicted molar refractivity (Wildman–Crippen MR) is 61.9 cm³/mol. The van der Waals surface area contributed by atoms with Gasteiger partial charge in [0, 0.05) is 5.56 Å². The molecule has 0 aliphatic heterocycles. The third-order valence-corrected chi connectivity index (χ3v) is 2.43. The number of nitrogens with one attached hydrogen (secondary N) is 1. The summed E-state index contributed by atoms with van der Waals surface area (Å²) in [5.41, 5.74) is 0.0621. The summed E-state index contributed by atoms with van der Waals surface area (Å²) in [4.78, 5) is 27.8. The van der Waals surface area contributed by atoms with Gasteiger partial charge in [0.25, 0.3) is 0 Å². The van der Waals surface area contributed by atoms with Gasteiger partial charge in [0.05, 0.1) is 5.69 Å². The van der Waals surface area contributed by atoms with Crippen LogP contribution in [0.25, 0.3) is 11.3 Å². The van der Waals surface area contributed by atoms with E-state index < -0.39 is 11.7 Å². The van der Waals surface area contributed by atoms with Crippen LogP contribution < -0.4 is 5.69 Å². The zero-order valence-electron chi connectivity index (χ0n) is 9.40. The summed E-state index contributed by atoms with van der Waals surface area (Å²) in [6.07, 6.45) is 0. The van der Waals surface area contributed by atoms with E-state index in [2.05, 4.69) is 9.97 Å². The number of aromatic carboxylic acids is 1. The first kappa shape index (κ1) is 12.0. The van der Waals surface area contributed by atoms with Crippen molar-refractivity contribution < 1.29 is 14.3 Å². The predicted octanol–water partition coefficient (Wildman–Crippen LogP) is 1.58. The summed E-state index contributed by atoms with van der Waals surface area (Å²) in [5, 5.41) is 8.82. The molecule has 18 heavy (non-hydrogen) atoms. The SMILES string of the molecule is Cc1cc(-c2cc(C(=O)O)[nH]c(=O)n2)ccc1F. The number of benzene rings is 1. The van der Waals surface area contributed by atoms with Gasteiger partial charge >= 0.3 is 11.7 Å². The summed E-state index contributed by atoms with van der Waals surface area (Å²) >= 11 is 0. The Bertz CT molecular complexity index is 679. The van der Waals surface area contributed by atoms with Crippen LogP contribution in [0.4, 0.5) is 4.39 Å². The molecule has 2 aromatic rings. The monoisotopic (exact) mass is 248 g/mol. The Morgan fingerprint density at radius 3 is 2.72 bits per heavy atom. The number of halogens is 1. The van der Waals surface area contributed by atoms with Gasteiger partial charge in [0.15, 0.2) is 0 Å². The van der Waals surface area contributed by atoms with Gasteiger partial charge in [0.2, 0.25) is 0 Å². The largest absolute Gasteiger partial charge is 0.477 e. The van der Waals surface area contributed by atoms with Crippen molar-refractivity contribution in [1.29, 1.82) is 0 Å². The maximum atomic E-state index is 13.1. The van der Waals surface area contributed by atoms with E-state index in [1.54, 1.807) is 6.92 Å². The highest BCUT2D eigenvalue weighted by Crippen LogP contribution is 2.19. The molecular formula is C12H9FN2O3. The molecule has 0 unspecified atom stereocenters. The molecule has 2 rings (SSSR count). The number of H-pyrrole nitrogens is 1. The number of carboxylic acids is 1. The summed E-state index contributed by atoms with van der Waals surface area (Å²) in [6.45, 7) is 1.57. The van der Waals surface area contributed by atoms with Crippen LogP contribution in [-0.2, 0) is 0 Å². The summed E-state index contributed by atoms with van der Waals surface area (Å²) in [7, 11) is 0. The second kappa shape index (κ2) is 4.40. The fraction of sp³-hybridized carbons (Fsp3) is 0.0833. The molecule has 1 aromatic carbocycles. The molecule has 0 bridgehead atoms. The van der Waals surface area contributed by atoms with E-state index in [9.17, 15) is 14.0 Å². The molecule has 6 heteroatoms. The Morgan fingerprint density at radius 1 is 1.39 bits per heavy atom. The zero-order chi connectivity index (χ0) is 13.3. The lowest BCUT2D eigenvalue weighted by molar-refractivity contribution is 0.0690. The fourth-order valence-electron chi connectivity index (χ4n) is 1.52. The molecule has 0 aliphatic rings. The Morgan fingerprint density at radius 2 is 2.11 bits per heavy atom. The number of carbonyl (C=O) groups is 1. The molecule has 0 spiro atoms. The topological polar surface area (TPSA) is 83.0 Å². The third kappa shape index (κ3) is 2.27. The van der Waals surface area contributed by atoms with Crippen molar-refractivity contribution in [3.8, 4) is 11.3 Å². The van der Waals surface area contributed by atoms with E-state index in [4.69, 9.17) is 5.11 Å². The van der Waals surface area contributed by atoms with E-state index in [1.165, 1.54) is 24.3 Å². The minimum atomic E-state index is -1.26. The lowest BCUT2D eigenvalue weighted by atomic mass is 10.1. The van der Waals surface area contributed by atoms with Crippen LogP contribution in [0.1, 0.15) is 16.1 Å². The number of rotatable bonds is 2. The molecular weight excluding hydrogens is 239 g/mol. The molecule has 5 nitrogen and oxygen atoms in total. The number of aromatic amines is 1. The number of hydrogen-bond donors (Lipinski definition) is 2. The average molecular weight is 248 g/mol. The molecule has 2 N–H and O–H groups in total. The number of aryl methyl sites for hydroxylation is 1. The zero-order valence-corrected chi connectivity index (χ0v) is 9.40. The molecule has 0 atom stereocenters. The highest BCUT2D eigenvalue weighted by atomic mass is 19.1. The summed E-state index contributed by atoms with van der Waals surface area (Å²) in [5.74, 6) is -1.63. The number of hydrogen-bond acceptors (Lipinski definition) is 3. The van der Waals surface area contributed by atoms with Crippen LogP contribution >= 0.6 is 0 Å². The van der Waals surface area contributed by atoms with Gasteiger partial charge in [-0.2, -0.15) is 4.98 Å². The summed E-state index contributed by atoms with van der Waals surface area (Å²) in [6, 6.07) is 5.42. The highest BCUT2D eigenvalue weighted by molar-refractivity contribution is 5.86. The molecule has 0 saturated heterocycles. The van der Waals surface area contributed by atoms with Crippen molar-refractivity contribution in [3.63, 3.8) is 0 Å². The Labute approximate surface area is 101 Å². The van der Waals surface area contributed by atoms with Gasteiger partial charge in [-0.25, -0.2) is 14.0 Å². The van der Waals surface area contributed by atoms with E-state index in [0.29, 0.717) is 11.1 Å². The lowest BCUT2D eigenvalue weighted by Gasteiger charge is -2.03. The van der Waals surface area contributed by atoms with Crippen molar-refractivity contribution in [2.24, 2.45) is 0 Å². The molecule has 0 fully saturated rings. The second-order valence-electron chi connectivity index (χ2n) is 3.75. The number of aromatic nitrogens is 2. The number of carboxylic acid groups (broad SMARTS) is 1. The minimum Gasteiger partial charge on any atom is -0.477 e. The van der Waals surface area contributed by atoms with Gasteiger partial charge in [-0.3, -0.25) is 4.98 Å². The Kier molecular flexibility index (Phi) is 2.93. The van der Waals surface area contributed by atoms with Gasteiger partial charge in [-0.1, -0.05) is 0 Å². The maximum absolute atomic E-state index is 13.1. The lowest BCUT2D eigenvalue weighted by Crippen LogP contribution is -2.16. The molecule has 0 aliphatic carbocycles. The first-order valence-electron chi connectivity index (χ1n) is 5.08. The number of nitrogens with zero attached hydrogens (tertiary/aromatic N) is 1. The quantitative estimate of drug-likeness (QED) is 0.845. The minimum absolute atomic E-state index is 0.194. The fourth-order valence-corrected chi connectivity index (χ4v) is 1.52. The molecule has 92 valence electrons. The molecule has 0 radical (unpaired) electrons. The molecule has 0 saturated carbocycles. The molecule has 1 heterocycles. The Hall–Kier alpha value is -2.50. The van der Waals surface area contributed by atoms with Crippen LogP contribution in [0.2, 0.25) is 0 Å². The van der Waals surface area contributed by atoms with Gasteiger partial charge in [0.1, 0.15) is 11.5 Å². The maximum Gasteiger partial charge on any atom is 0.352 e. The van der Waals surface area contributed by atoms with Gasteiger partial charge in [-0.15, -0.1) is 0 Å². The van der Waals surface area contributed by atoms with Crippen LogP contribution in [0.3, 0.4) is 0 Å². The smallest absolute Gasteiger partial charge is 0.352 e. The van der Waals surface area contributed by atoms with Crippen molar-refractivity contribution in [2.75, 3.05) is 0 Å². The van der Waals surface area contributed by atoms with Crippen molar-refractivity contribution >= 4 is 5.97 Å². The van der Waals surface area contributed by atoms with Crippen LogP contribution in [0, 0.1) is 12.7 Å². The second-order valence-corrected chi connectivity index (χ2v) is 3.75. The van der Waals surface area contributed by atoms with Crippen LogP contribution in [0.15, 0.2) is 29.1 Å². The summed E-state index contributed by atoms with van der Waals surface area (Å²) < 4.78 is 13.1. The van der Waals surface area contributed by atoms with E-state index >= 15 is 0 Å². The van der Waals surface area contributed by atoms with Gasteiger partial charge < -0.3 is 5.11 Å². The van der Waals surface area contributed by atoms with Crippen LogP contribution in [0.5, 0.6) is 0 Å². The average Bonchev–Trinajstić information content (AvgIpc) is 2.31. The van der Waals surface area contributed by atoms with E-state index in [1.807, 2.05) is 0 Å². The molecule has 0 amide bonds. The Balaban J connectivity index is 2.60. The first-order chi connectivity index (χ1) is 8.47. The van der Waals surface area contributed by atoms with E-state index in [-0.39, 0.29) is 17.2 Å². The van der Waals surface area contributed by atoms with Crippen molar-refractivity contribution in [3.05, 3.63) is 51.8 Å². The van der Waals surface area contributed by atoms with Crippen LogP contribution in [-0.4, -0.2) is 21.0 Å². The molecule has 1 aromatic heterocycles. The van der Waals surface area contributed by atoms with E-state index in [0.717, 1.165) is 0 Å². The normalized spacial score (nSPS) is 10.3. The highest BCUT2D eigenvalue weighted by Gasteiger charge is 2.09. The standard InChI is InChI=1S/C12H9FN2O3/c1-6-4-7(2-3-8(6)13)9-5-10(11(16)17)15-12(18)14-9/h2-5H,1H3,(H,16,17)(H,14,15,18). The first-order valence-corrected chi connectivity index (χ1v) is 5.08. The van der Waals surface area contributed by atoms with Crippen molar-refractivity contribution in [1.82, 2.24) is 9.97 Å².